The third-order valence-corrected chi connectivity index (χ3v) is 8.63. The molecule has 25 heavy (non-hydrogen) atoms. The second-order valence-electron chi connectivity index (χ2n) is 9.17. The monoisotopic (exact) mass is 367 g/mol. The van der Waals surface area contributed by atoms with Gasteiger partial charge < -0.3 is 0 Å². The van der Waals surface area contributed by atoms with Crippen LogP contribution in [0.4, 0.5) is 0 Å². The average molecular weight is 368 g/mol. The largest absolute Gasteiger partial charge is 0.333 e. The summed E-state index contributed by atoms with van der Waals surface area (Å²) < 4.78 is 28.2. The number of allylic oxidation sites excluding steroid dienone is 1. The van der Waals surface area contributed by atoms with Crippen molar-refractivity contribution in [2.75, 3.05) is 0 Å². The number of rotatable bonds is 2. The quantitative estimate of drug-likeness (QED) is 0.812. The molecule has 140 valence electrons. The lowest BCUT2D eigenvalue weighted by Gasteiger charge is -2.57. The number of hydrogen-bond donors (Lipinski definition) is 1. The summed E-state index contributed by atoms with van der Waals surface area (Å²) in [5.41, 5.74) is 1.41. The SMILES string of the molecule is C[C@]12CC[C@H]3[C@@H](CCC4=CC(=O)CC[C@@]43C)[C@@H]1CC[C@@H]2OS(N)(=O)=O. The first kappa shape index (κ1) is 17.7. The normalized spacial score (nSPS) is 46.8. The van der Waals surface area contributed by atoms with E-state index in [1.54, 1.807) is 0 Å². The van der Waals surface area contributed by atoms with Gasteiger partial charge in [-0.2, -0.15) is 8.42 Å². The van der Waals surface area contributed by atoms with Gasteiger partial charge in [-0.25, -0.2) is 5.14 Å². The van der Waals surface area contributed by atoms with Gasteiger partial charge >= 0.3 is 10.3 Å². The smallest absolute Gasteiger partial charge is 0.295 e. The Hall–Kier alpha value is -0.720. The number of carbonyl (C=O) groups is 1. The summed E-state index contributed by atoms with van der Waals surface area (Å²) in [6.45, 7) is 4.56. The first-order chi connectivity index (χ1) is 11.6. The fraction of sp³-hybridized carbons (Fsp3) is 0.842. The second-order valence-corrected chi connectivity index (χ2v) is 10.3. The summed E-state index contributed by atoms with van der Waals surface area (Å²) in [6.07, 6.45) is 9.27. The van der Waals surface area contributed by atoms with Crippen molar-refractivity contribution in [2.45, 2.75) is 71.3 Å². The molecule has 4 aliphatic carbocycles. The molecular weight excluding hydrogens is 338 g/mol. The van der Waals surface area contributed by atoms with Gasteiger partial charge in [0.15, 0.2) is 5.78 Å². The van der Waals surface area contributed by atoms with Crippen LogP contribution in [0.15, 0.2) is 11.6 Å². The van der Waals surface area contributed by atoms with Gasteiger partial charge in [-0.1, -0.05) is 19.4 Å². The van der Waals surface area contributed by atoms with Crippen LogP contribution >= 0.6 is 0 Å². The van der Waals surface area contributed by atoms with Crippen LogP contribution in [0.1, 0.15) is 65.2 Å². The van der Waals surface area contributed by atoms with E-state index < -0.39 is 10.3 Å². The molecule has 0 radical (unpaired) electrons. The van der Waals surface area contributed by atoms with Crippen molar-refractivity contribution in [1.29, 1.82) is 0 Å². The fourth-order valence-corrected chi connectivity index (χ4v) is 7.47. The zero-order valence-electron chi connectivity index (χ0n) is 15.2. The predicted molar refractivity (Wildman–Crippen MR) is 94.7 cm³/mol. The van der Waals surface area contributed by atoms with E-state index in [2.05, 4.69) is 13.8 Å². The summed E-state index contributed by atoms with van der Waals surface area (Å²) in [5.74, 6) is 1.98. The third-order valence-electron chi connectivity index (χ3n) is 8.13. The molecule has 0 aromatic heterocycles. The van der Waals surface area contributed by atoms with Gasteiger partial charge in [0.1, 0.15) is 0 Å². The molecule has 0 heterocycles. The minimum atomic E-state index is -3.91. The number of fused-ring (bicyclic) bond motifs is 5. The van der Waals surface area contributed by atoms with Crippen LogP contribution in [0.25, 0.3) is 0 Å². The van der Waals surface area contributed by atoms with Crippen molar-refractivity contribution in [2.24, 2.45) is 33.7 Å². The van der Waals surface area contributed by atoms with E-state index in [9.17, 15) is 13.2 Å². The first-order valence-corrected chi connectivity index (χ1v) is 11.1. The van der Waals surface area contributed by atoms with Gasteiger partial charge in [0.05, 0.1) is 6.10 Å². The van der Waals surface area contributed by atoms with E-state index in [0.717, 1.165) is 44.9 Å². The van der Waals surface area contributed by atoms with Crippen LogP contribution in [0, 0.1) is 28.6 Å². The fourth-order valence-electron chi connectivity index (χ4n) is 6.83. The minimum Gasteiger partial charge on any atom is -0.295 e. The van der Waals surface area contributed by atoms with Gasteiger partial charge in [0.2, 0.25) is 0 Å². The minimum absolute atomic E-state index is 0.102. The van der Waals surface area contributed by atoms with E-state index >= 15 is 0 Å². The van der Waals surface area contributed by atoms with E-state index in [0.29, 0.717) is 24.2 Å². The molecule has 5 nitrogen and oxygen atoms in total. The molecule has 0 aliphatic heterocycles. The molecule has 3 fully saturated rings. The Labute approximate surface area is 150 Å². The lowest BCUT2D eigenvalue weighted by Crippen LogP contribution is -2.51. The molecule has 0 aromatic rings. The van der Waals surface area contributed by atoms with Crippen molar-refractivity contribution >= 4 is 16.1 Å². The maximum atomic E-state index is 11.9. The lowest BCUT2D eigenvalue weighted by atomic mass is 9.47. The highest BCUT2D eigenvalue weighted by Gasteiger charge is 2.59. The van der Waals surface area contributed by atoms with Gasteiger partial charge in [-0.15, -0.1) is 0 Å². The highest BCUT2D eigenvalue weighted by atomic mass is 32.2. The highest BCUT2D eigenvalue weighted by molar-refractivity contribution is 7.84. The molecule has 4 aliphatic rings. The molecule has 6 atom stereocenters. The van der Waals surface area contributed by atoms with Gasteiger partial charge in [0, 0.05) is 6.42 Å². The molecule has 4 rings (SSSR count). The molecule has 2 N–H and O–H groups in total. The van der Waals surface area contributed by atoms with E-state index in [-0.39, 0.29) is 22.7 Å². The molecule has 0 bridgehead atoms. The standard InChI is InChI=1S/C19H29NO4S/c1-18-9-7-13(21)11-12(18)3-4-14-15-5-6-17(24-25(20,22)23)19(15,2)10-8-16(14)18/h11,14-17H,3-10H2,1-2H3,(H2,20,22,23)/t14-,15-,16-,17-,18-,19-/m0/s1. The van der Waals surface area contributed by atoms with Gasteiger partial charge in [-0.05, 0) is 79.6 Å². The van der Waals surface area contributed by atoms with Crippen molar-refractivity contribution in [3.63, 3.8) is 0 Å². The average Bonchev–Trinajstić information content (AvgIpc) is 2.83. The predicted octanol–water partition coefficient (Wildman–Crippen LogP) is 3.11. The molecule has 0 aromatic carbocycles. The van der Waals surface area contributed by atoms with Crippen LogP contribution in [0.3, 0.4) is 0 Å². The van der Waals surface area contributed by atoms with Gasteiger partial charge in [0.25, 0.3) is 0 Å². The molecule has 0 saturated heterocycles. The first-order valence-electron chi connectivity index (χ1n) is 9.58. The van der Waals surface area contributed by atoms with E-state index in [1.807, 2.05) is 6.08 Å². The van der Waals surface area contributed by atoms with Crippen LogP contribution in [0.5, 0.6) is 0 Å². The highest BCUT2D eigenvalue weighted by Crippen LogP contribution is 2.65. The second kappa shape index (κ2) is 5.64. The molecule has 0 spiro atoms. The topological polar surface area (TPSA) is 86.5 Å². The molecule has 6 heteroatoms. The van der Waals surface area contributed by atoms with Crippen molar-refractivity contribution in [3.8, 4) is 0 Å². The molecular formula is C19H29NO4S. The summed E-state index contributed by atoms with van der Waals surface area (Å²) in [7, 11) is -3.91. The van der Waals surface area contributed by atoms with Crippen LogP contribution in [0.2, 0.25) is 0 Å². The Bertz CT molecular complexity index is 730. The molecule has 0 unspecified atom stereocenters. The Balaban J connectivity index is 1.62. The Morgan fingerprint density at radius 3 is 2.56 bits per heavy atom. The van der Waals surface area contributed by atoms with E-state index in [1.165, 1.54) is 5.57 Å². The zero-order valence-corrected chi connectivity index (χ0v) is 16.0. The number of nitrogens with two attached hydrogens (primary N) is 1. The van der Waals surface area contributed by atoms with Crippen molar-refractivity contribution in [1.82, 2.24) is 0 Å². The Morgan fingerprint density at radius 1 is 1.08 bits per heavy atom. The van der Waals surface area contributed by atoms with Crippen LogP contribution in [-0.2, 0) is 19.3 Å². The number of carbonyl (C=O) groups excluding carboxylic acids is 1. The lowest BCUT2D eigenvalue weighted by molar-refractivity contribution is -0.117. The molecule has 3 saturated carbocycles. The summed E-state index contributed by atoms with van der Waals surface area (Å²) in [4.78, 5) is 11.9. The van der Waals surface area contributed by atoms with Crippen LogP contribution in [-0.4, -0.2) is 20.3 Å². The number of hydrogen-bond acceptors (Lipinski definition) is 4. The summed E-state index contributed by atoms with van der Waals surface area (Å²) in [6, 6.07) is 0. The Morgan fingerprint density at radius 2 is 1.84 bits per heavy atom. The molecule has 0 amide bonds. The Kier molecular flexibility index (Phi) is 3.99. The van der Waals surface area contributed by atoms with E-state index in [4.69, 9.17) is 9.32 Å². The summed E-state index contributed by atoms with van der Waals surface area (Å²) >= 11 is 0. The van der Waals surface area contributed by atoms with Gasteiger partial charge in [-0.3, -0.25) is 8.98 Å². The zero-order chi connectivity index (χ0) is 18.0. The maximum Gasteiger partial charge on any atom is 0.333 e. The van der Waals surface area contributed by atoms with Crippen LogP contribution < -0.4 is 5.14 Å². The van der Waals surface area contributed by atoms with Crippen molar-refractivity contribution < 1.29 is 17.4 Å². The number of ketones is 1. The van der Waals surface area contributed by atoms with Crippen molar-refractivity contribution in [3.05, 3.63) is 11.6 Å². The summed E-state index contributed by atoms with van der Waals surface area (Å²) in [5, 5.41) is 5.16. The third kappa shape index (κ3) is 2.72. The maximum absolute atomic E-state index is 11.9.